The summed E-state index contributed by atoms with van der Waals surface area (Å²) in [7, 11) is 1.60. The molecule has 1 amide bonds. The van der Waals surface area contributed by atoms with Gasteiger partial charge in [0.25, 0.3) is 5.91 Å². The summed E-state index contributed by atoms with van der Waals surface area (Å²) in [6.45, 7) is 0. The van der Waals surface area contributed by atoms with Gasteiger partial charge in [0.05, 0.1) is 7.11 Å². The number of hydrogen-bond acceptors (Lipinski definition) is 4. The molecule has 3 N–H and O–H groups in total. The lowest BCUT2D eigenvalue weighted by atomic mass is 9.84. The highest BCUT2D eigenvalue weighted by molar-refractivity contribution is 6.07. The molecular formula is C17H17N3O2. The second-order valence-electron chi connectivity index (χ2n) is 5.20. The fourth-order valence-electron chi connectivity index (χ4n) is 2.68. The zero-order valence-electron chi connectivity index (χ0n) is 12.2. The van der Waals surface area contributed by atoms with E-state index in [0.29, 0.717) is 6.42 Å². The molecule has 1 aliphatic rings. The molecule has 1 unspecified atom stereocenters. The van der Waals surface area contributed by atoms with Gasteiger partial charge in [-0.05, 0) is 23.3 Å². The standard InChI is InChI=1S/C17H17N3O2/c1-22-14-9-7-13(8-10-14)17(15(21)19-16(18)20-17)11-12-5-3-2-4-6-12/h2-10H,11H2,1H3,(H3,18,19,20,21). The van der Waals surface area contributed by atoms with Crippen molar-refractivity contribution < 1.29 is 9.53 Å². The molecular weight excluding hydrogens is 278 g/mol. The smallest absolute Gasteiger partial charge is 0.259 e. The van der Waals surface area contributed by atoms with Crippen molar-refractivity contribution in [2.24, 2.45) is 10.7 Å². The fourth-order valence-corrected chi connectivity index (χ4v) is 2.68. The molecule has 0 spiro atoms. The van der Waals surface area contributed by atoms with Crippen LogP contribution in [-0.4, -0.2) is 19.0 Å². The Morgan fingerprint density at radius 2 is 1.82 bits per heavy atom. The van der Waals surface area contributed by atoms with Gasteiger partial charge in [0.15, 0.2) is 11.5 Å². The number of carbonyl (C=O) groups is 1. The number of hydrogen-bond donors (Lipinski definition) is 2. The van der Waals surface area contributed by atoms with Crippen LogP contribution in [0.3, 0.4) is 0 Å². The number of nitrogens with one attached hydrogen (secondary N) is 1. The summed E-state index contributed by atoms with van der Waals surface area (Å²) >= 11 is 0. The molecule has 22 heavy (non-hydrogen) atoms. The normalized spacial score (nSPS) is 20.4. The quantitative estimate of drug-likeness (QED) is 0.899. The van der Waals surface area contributed by atoms with Gasteiger partial charge >= 0.3 is 0 Å². The lowest BCUT2D eigenvalue weighted by Crippen LogP contribution is -2.40. The molecule has 0 fully saturated rings. The Kier molecular flexibility index (Phi) is 3.55. The second kappa shape index (κ2) is 5.52. The first-order valence-electron chi connectivity index (χ1n) is 6.99. The fraction of sp³-hybridized carbons (Fsp3) is 0.176. The van der Waals surface area contributed by atoms with E-state index in [9.17, 15) is 4.79 Å². The van der Waals surface area contributed by atoms with Crippen LogP contribution in [0.4, 0.5) is 0 Å². The molecule has 1 atom stereocenters. The third-order valence-corrected chi connectivity index (χ3v) is 3.80. The van der Waals surface area contributed by atoms with Crippen molar-refractivity contribution in [3.05, 3.63) is 65.7 Å². The molecule has 5 nitrogen and oxygen atoms in total. The number of rotatable bonds is 4. The van der Waals surface area contributed by atoms with E-state index in [2.05, 4.69) is 10.3 Å². The number of guanidine groups is 1. The van der Waals surface area contributed by atoms with Gasteiger partial charge in [-0.1, -0.05) is 42.5 Å². The van der Waals surface area contributed by atoms with E-state index in [1.807, 2.05) is 54.6 Å². The highest BCUT2D eigenvalue weighted by atomic mass is 16.5. The SMILES string of the molecule is COc1ccc(C2(Cc3ccccc3)N=C(N)NC2=O)cc1. The molecule has 0 bridgehead atoms. The summed E-state index contributed by atoms with van der Waals surface area (Å²) in [6, 6.07) is 17.1. The zero-order valence-corrected chi connectivity index (χ0v) is 12.2. The van der Waals surface area contributed by atoms with Crippen LogP contribution in [0.5, 0.6) is 5.75 Å². The first-order valence-corrected chi connectivity index (χ1v) is 6.99. The maximum Gasteiger partial charge on any atom is 0.259 e. The summed E-state index contributed by atoms with van der Waals surface area (Å²) in [5, 5.41) is 2.61. The highest BCUT2D eigenvalue weighted by Crippen LogP contribution is 2.34. The number of benzene rings is 2. The van der Waals surface area contributed by atoms with Gasteiger partial charge in [0.1, 0.15) is 5.75 Å². The van der Waals surface area contributed by atoms with E-state index in [4.69, 9.17) is 10.5 Å². The molecule has 3 rings (SSSR count). The first-order chi connectivity index (χ1) is 10.6. The molecule has 2 aromatic carbocycles. The number of ether oxygens (including phenoxy) is 1. The summed E-state index contributed by atoms with van der Waals surface area (Å²) in [6.07, 6.45) is 0.451. The number of nitrogens with zero attached hydrogens (tertiary/aromatic N) is 1. The maximum atomic E-state index is 12.5. The van der Waals surface area contributed by atoms with Gasteiger partial charge in [-0.3, -0.25) is 10.1 Å². The monoisotopic (exact) mass is 295 g/mol. The molecule has 2 aromatic rings. The van der Waals surface area contributed by atoms with Crippen LogP contribution in [-0.2, 0) is 16.8 Å². The molecule has 1 aliphatic heterocycles. The van der Waals surface area contributed by atoms with Crippen molar-refractivity contribution in [2.45, 2.75) is 12.0 Å². The lowest BCUT2D eigenvalue weighted by molar-refractivity contribution is -0.124. The summed E-state index contributed by atoms with van der Waals surface area (Å²) in [5.41, 5.74) is 6.52. The summed E-state index contributed by atoms with van der Waals surface area (Å²) in [5.74, 6) is 0.671. The minimum absolute atomic E-state index is 0.150. The maximum absolute atomic E-state index is 12.5. The Hall–Kier alpha value is -2.82. The first kappa shape index (κ1) is 14.1. The molecule has 0 aliphatic carbocycles. The lowest BCUT2D eigenvalue weighted by Gasteiger charge is -2.24. The Balaban J connectivity index is 2.05. The summed E-state index contributed by atoms with van der Waals surface area (Å²) in [4.78, 5) is 16.9. The van der Waals surface area contributed by atoms with Crippen LogP contribution >= 0.6 is 0 Å². The summed E-state index contributed by atoms with van der Waals surface area (Å²) < 4.78 is 5.17. The molecule has 0 saturated carbocycles. The molecule has 0 saturated heterocycles. The van der Waals surface area contributed by atoms with Crippen LogP contribution < -0.4 is 15.8 Å². The minimum atomic E-state index is -1.03. The molecule has 1 heterocycles. The van der Waals surface area contributed by atoms with E-state index in [1.165, 1.54) is 0 Å². The van der Waals surface area contributed by atoms with Gasteiger partial charge in [0, 0.05) is 6.42 Å². The van der Waals surface area contributed by atoms with Crippen LogP contribution in [0, 0.1) is 0 Å². The predicted octanol–water partition coefficient (Wildman–Crippen LogP) is 1.58. The number of nitrogens with two attached hydrogens (primary N) is 1. The molecule has 5 heteroatoms. The van der Waals surface area contributed by atoms with Crippen LogP contribution in [0.1, 0.15) is 11.1 Å². The van der Waals surface area contributed by atoms with Crippen LogP contribution in [0.2, 0.25) is 0 Å². The molecule has 0 radical (unpaired) electrons. The van der Waals surface area contributed by atoms with Gasteiger partial charge in [-0.25, -0.2) is 4.99 Å². The zero-order chi connectivity index (χ0) is 15.6. The van der Waals surface area contributed by atoms with E-state index in [-0.39, 0.29) is 11.9 Å². The van der Waals surface area contributed by atoms with Crippen LogP contribution in [0.15, 0.2) is 59.6 Å². The molecule has 0 aromatic heterocycles. The van der Waals surface area contributed by atoms with Crippen molar-refractivity contribution in [1.29, 1.82) is 0 Å². The van der Waals surface area contributed by atoms with Gasteiger partial charge < -0.3 is 10.5 Å². The number of methoxy groups -OCH3 is 1. The Morgan fingerprint density at radius 3 is 2.36 bits per heavy atom. The van der Waals surface area contributed by atoms with E-state index in [1.54, 1.807) is 7.11 Å². The average molecular weight is 295 g/mol. The number of aliphatic imine (C=N–C) groups is 1. The third-order valence-electron chi connectivity index (χ3n) is 3.80. The van der Waals surface area contributed by atoms with Crippen molar-refractivity contribution in [1.82, 2.24) is 5.32 Å². The second-order valence-corrected chi connectivity index (χ2v) is 5.20. The van der Waals surface area contributed by atoms with Gasteiger partial charge in [0.2, 0.25) is 0 Å². The van der Waals surface area contributed by atoms with Crippen molar-refractivity contribution in [3.63, 3.8) is 0 Å². The minimum Gasteiger partial charge on any atom is -0.497 e. The largest absolute Gasteiger partial charge is 0.497 e. The van der Waals surface area contributed by atoms with Crippen molar-refractivity contribution in [2.75, 3.05) is 7.11 Å². The Morgan fingerprint density at radius 1 is 1.14 bits per heavy atom. The average Bonchev–Trinajstić information content (AvgIpc) is 2.83. The third kappa shape index (κ3) is 2.41. The topological polar surface area (TPSA) is 76.7 Å². The van der Waals surface area contributed by atoms with Crippen molar-refractivity contribution in [3.8, 4) is 5.75 Å². The van der Waals surface area contributed by atoms with Crippen LogP contribution in [0.25, 0.3) is 0 Å². The van der Waals surface area contributed by atoms with E-state index < -0.39 is 5.54 Å². The molecule has 112 valence electrons. The number of carbonyl (C=O) groups excluding carboxylic acids is 1. The Labute approximate surface area is 128 Å². The Bertz CT molecular complexity index is 710. The number of amides is 1. The van der Waals surface area contributed by atoms with Gasteiger partial charge in [-0.15, -0.1) is 0 Å². The predicted molar refractivity (Wildman–Crippen MR) is 84.6 cm³/mol. The van der Waals surface area contributed by atoms with E-state index >= 15 is 0 Å². The highest BCUT2D eigenvalue weighted by Gasteiger charge is 2.44. The van der Waals surface area contributed by atoms with Gasteiger partial charge in [-0.2, -0.15) is 0 Å². The van der Waals surface area contributed by atoms with Crippen molar-refractivity contribution >= 4 is 11.9 Å². The van der Waals surface area contributed by atoms with E-state index in [0.717, 1.165) is 16.9 Å².